The lowest BCUT2D eigenvalue weighted by Gasteiger charge is -2.23. The molecule has 1 amide bonds. The van der Waals surface area contributed by atoms with E-state index in [1.165, 1.54) is 0 Å². The summed E-state index contributed by atoms with van der Waals surface area (Å²) in [7, 11) is 1.67. The van der Waals surface area contributed by atoms with Gasteiger partial charge in [0.1, 0.15) is 5.75 Å². The van der Waals surface area contributed by atoms with Gasteiger partial charge in [-0.25, -0.2) is 0 Å². The van der Waals surface area contributed by atoms with Crippen LogP contribution in [0.2, 0.25) is 0 Å². The van der Waals surface area contributed by atoms with Crippen molar-refractivity contribution >= 4 is 11.9 Å². The van der Waals surface area contributed by atoms with Crippen LogP contribution in [0.3, 0.4) is 0 Å². The highest BCUT2D eigenvalue weighted by Crippen LogP contribution is 2.33. The predicted octanol–water partition coefficient (Wildman–Crippen LogP) is 1.85. The van der Waals surface area contributed by atoms with Gasteiger partial charge in [-0.15, -0.1) is 0 Å². The van der Waals surface area contributed by atoms with Crippen LogP contribution in [0, 0.1) is 11.8 Å². The summed E-state index contributed by atoms with van der Waals surface area (Å²) < 4.78 is 0. The molecule has 2 atom stereocenters. The molecule has 5 nitrogen and oxygen atoms in total. The molecule has 108 valence electrons. The van der Waals surface area contributed by atoms with E-state index in [1.807, 2.05) is 6.07 Å². The summed E-state index contributed by atoms with van der Waals surface area (Å²) in [4.78, 5) is 25.0. The monoisotopic (exact) mass is 277 g/mol. The Labute approximate surface area is 117 Å². The maximum atomic E-state index is 12.3. The summed E-state index contributed by atoms with van der Waals surface area (Å²) >= 11 is 0. The van der Waals surface area contributed by atoms with Crippen LogP contribution in [0.4, 0.5) is 0 Å². The molecule has 0 aromatic heterocycles. The lowest BCUT2D eigenvalue weighted by molar-refractivity contribution is -0.148. The number of carboxylic acid groups (broad SMARTS) is 1. The van der Waals surface area contributed by atoms with Gasteiger partial charge < -0.3 is 15.1 Å². The van der Waals surface area contributed by atoms with Gasteiger partial charge in [0.25, 0.3) is 0 Å². The van der Waals surface area contributed by atoms with Crippen molar-refractivity contribution in [2.75, 3.05) is 7.05 Å². The number of benzene rings is 1. The Morgan fingerprint density at radius 3 is 2.65 bits per heavy atom. The van der Waals surface area contributed by atoms with Crippen molar-refractivity contribution in [2.24, 2.45) is 11.8 Å². The summed E-state index contributed by atoms with van der Waals surface area (Å²) in [5, 5.41) is 18.5. The fourth-order valence-electron chi connectivity index (χ4n) is 2.84. The number of carbonyl (C=O) groups is 2. The number of phenols is 1. The van der Waals surface area contributed by atoms with Crippen LogP contribution in [-0.2, 0) is 16.1 Å². The molecule has 2 rings (SSSR count). The Morgan fingerprint density at radius 2 is 2.00 bits per heavy atom. The normalized spacial score (nSPS) is 21.6. The third-order valence-electron chi connectivity index (χ3n) is 3.86. The molecule has 2 N–H and O–H groups in total. The number of aromatic hydroxyl groups is 1. The first kappa shape index (κ1) is 14.4. The van der Waals surface area contributed by atoms with E-state index in [0.29, 0.717) is 19.4 Å². The summed E-state index contributed by atoms with van der Waals surface area (Å²) in [6, 6.07) is 6.72. The lowest BCUT2D eigenvalue weighted by Crippen LogP contribution is -2.36. The van der Waals surface area contributed by atoms with Crippen LogP contribution in [0.25, 0.3) is 0 Å². The number of rotatable bonds is 4. The Morgan fingerprint density at radius 1 is 1.30 bits per heavy atom. The Hall–Kier alpha value is -2.04. The van der Waals surface area contributed by atoms with E-state index in [9.17, 15) is 14.7 Å². The molecule has 0 radical (unpaired) electrons. The summed E-state index contributed by atoms with van der Waals surface area (Å²) in [6.45, 7) is 0.371. The maximum Gasteiger partial charge on any atom is 0.307 e. The van der Waals surface area contributed by atoms with Crippen LogP contribution in [0.15, 0.2) is 24.3 Å². The highest BCUT2D eigenvalue weighted by molar-refractivity contribution is 5.85. The number of nitrogens with zero attached hydrogens (tertiary/aromatic N) is 1. The SMILES string of the molecule is CN(Cc1cccc(O)c1)C(=O)C1CCCC1C(=O)O. The second-order valence-electron chi connectivity index (χ2n) is 5.35. The van der Waals surface area contributed by atoms with Crippen LogP contribution in [-0.4, -0.2) is 34.0 Å². The van der Waals surface area contributed by atoms with Gasteiger partial charge in [-0.1, -0.05) is 18.6 Å². The molecule has 1 aliphatic rings. The highest BCUT2D eigenvalue weighted by atomic mass is 16.4. The molecule has 20 heavy (non-hydrogen) atoms. The average Bonchev–Trinajstić information content (AvgIpc) is 2.87. The zero-order valence-electron chi connectivity index (χ0n) is 11.5. The predicted molar refractivity (Wildman–Crippen MR) is 73.0 cm³/mol. The number of aliphatic carboxylic acids is 1. The summed E-state index contributed by atoms with van der Waals surface area (Å²) in [5.74, 6) is -1.83. The van der Waals surface area contributed by atoms with Gasteiger partial charge in [0, 0.05) is 13.6 Å². The van der Waals surface area contributed by atoms with Gasteiger partial charge in [-0.2, -0.15) is 0 Å². The van der Waals surface area contributed by atoms with E-state index in [-0.39, 0.29) is 11.7 Å². The molecule has 2 unspecified atom stereocenters. The van der Waals surface area contributed by atoms with E-state index in [2.05, 4.69) is 0 Å². The van der Waals surface area contributed by atoms with Crippen molar-refractivity contribution in [3.05, 3.63) is 29.8 Å². The van der Waals surface area contributed by atoms with Crippen molar-refractivity contribution in [2.45, 2.75) is 25.8 Å². The largest absolute Gasteiger partial charge is 0.508 e. The number of phenolic OH excluding ortho intramolecular Hbond substituents is 1. The first-order chi connectivity index (χ1) is 9.49. The van der Waals surface area contributed by atoms with E-state index in [0.717, 1.165) is 12.0 Å². The van der Waals surface area contributed by atoms with Gasteiger partial charge in [0.2, 0.25) is 5.91 Å². The van der Waals surface area contributed by atoms with Crippen LogP contribution < -0.4 is 0 Å². The van der Waals surface area contributed by atoms with Crippen molar-refractivity contribution in [1.29, 1.82) is 0 Å². The van der Waals surface area contributed by atoms with Gasteiger partial charge in [0.05, 0.1) is 11.8 Å². The number of hydrogen-bond donors (Lipinski definition) is 2. The van der Waals surface area contributed by atoms with Crippen LogP contribution in [0.5, 0.6) is 5.75 Å². The van der Waals surface area contributed by atoms with Gasteiger partial charge >= 0.3 is 5.97 Å². The third-order valence-corrected chi connectivity index (χ3v) is 3.86. The van der Waals surface area contributed by atoms with Crippen molar-refractivity contribution in [3.8, 4) is 5.75 Å². The minimum atomic E-state index is -0.883. The number of carbonyl (C=O) groups excluding carboxylic acids is 1. The molecule has 0 spiro atoms. The fourth-order valence-corrected chi connectivity index (χ4v) is 2.84. The molecular weight excluding hydrogens is 258 g/mol. The second-order valence-corrected chi connectivity index (χ2v) is 5.35. The molecule has 0 aliphatic heterocycles. The smallest absolute Gasteiger partial charge is 0.307 e. The minimum absolute atomic E-state index is 0.127. The van der Waals surface area contributed by atoms with E-state index in [4.69, 9.17) is 5.11 Å². The Kier molecular flexibility index (Phi) is 4.27. The van der Waals surface area contributed by atoms with E-state index >= 15 is 0 Å². The zero-order valence-corrected chi connectivity index (χ0v) is 11.5. The van der Waals surface area contributed by atoms with Crippen LogP contribution >= 0.6 is 0 Å². The Bertz CT molecular complexity index is 514. The summed E-state index contributed by atoms with van der Waals surface area (Å²) in [6.07, 6.45) is 2.00. The van der Waals surface area contributed by atoms with E-state index in [1.54, 1.807) is 30.1 Å². The third kappa shape index (κ3) is 3.10. The molecular formula is C15H19NO4. The molecule has 5 heteroatoms. The van der Waals surface area contributed by atoms with Crippen LogP contribution in [0.1, 0.15) is 24.8 Å². The quantitative estimate of drug-likeness (QED) is 0.880. The molecule has 1 aromatic carbocycles. The Balaban J connectivity index is 2.03. The highest BCUT2D eigenvalue weighted by Gasteiger charge is 2.38. The molecule has 1 aromatic rings. The molecule has 1 fully saturated rings. The fraction of sp³-hybridized carbons (Fsp3) is 0.467. The number of amides is 1. The second kappa shape index (κ2) is 5.94. The number of carboxylic acids is 1. The van der Waals surface area contributed by atoms with Crippen molar-refractivity contribution in [3.63, 3.8) is 0 Å². The molecule has 1 aliphatic carbocycles. The molecule has 0 saturated heterocycles. The summed E-state index contributed by atoms with van der Waals surface area (Å²) in [5.41, 5.74) is 0.825. The van der Waals surface area contributed by atoms with Gasteiger partial charge in [-0.05, 0) is 30.5 Å². The lowest BCUT2D eigenvalue weighted by atomic mass is 9.95. The molecule has 0 bridgehead atoms. The van der Waals surface area contributed by atoms with Gasteiger partial charge in [-0.3, -0.25) is 9.59 Å². The standard InChI is InChI=1S/C15H19NO4/c1-16(9-10-4-2-5-11(17)8-10)14(18)12-6-3-7-13(12)15(19)20/h2,4-5,8,12-13,17H,3,6-7,9H2,1H3,(H,19,20). The topological polar surface area (TPSA) is 77.8 Å². The molecule has 1 saturated carbocycles. The minimum Gasteiger partial charge on any atom is -0.508 e. The van der Waals surface area contributed by atoms with E-state index < -0.39 is 17.8 Å². The number of hydrogen-bond acceptors (Lipinski definition) is 3. The maximum absolute atomic E-state index is 12.3. The molecule has 0 heterocycles. The van der Waals surface area contributed by atoms with Crippen molar-refractivity contribution in [1.82, 2.24) is 4.90 Å². The first-order valence-corrected chi connectivity index (χ1v) is 6.74. The van der Waals surface area contributed by atoms with Gasteiger partial charge in [0.15, 0.2) is 0 Å². The van der Waals surface area contributed by atoms with Crippen molar-refractivity contribution < 1.29 is 19.8 Å². The first-order valence-electron chi connectivity index (χ1n) is 6.74. The average molecular weight is 277 g/mol. The zero-order chi connectivity index (χ0) is 14.7.